The number of aryl methyl sites for hydroxylation is 1. The Hall–Kier alpha value is -2.64. The van der Waals surface area contributed by atoms with Gasteiger partial charge in [0.1, 0.15) is 5.75 Å². The Bertz CT molecular complexity index is 1070. The van der Waals surface area contributed by atoms with Crippen LogP contribution in [0.5, 0.6) is 5.75 Å². The van der Waals surface area contributed by atoms with Gasteiger partial charge in [-0.1, -0.05) is 55.3 Å². The maximum absolute atomic E-state index is 12.5. The van der Waals surface area contributed by atoms with Crippen LogP contribution in [0.4, 0.5) is 5.69 Å². The van der Waals surface area contributed by atoms with Crippen LogP contribution in [0, 0.1) is 17.6 Å². The van der Waals surface area contributed by atoms with Crippen molar-refractivity contribution in [3.8, 4) is 17.1 Å². The zero-order chi connectivity index (χ0) is 21.7. The van der Waals surface area contributed by atoms with Crippen LogP contribution in [0.25, 0.3) is 11.4 Å². The lowest BCUT2D eigenvalue weighted by Gasteiger charge is -2.12. The molecule has 0 saturated carbocycles. The second-order valence-electron chi connectivity index (χ2n) is 7.52. The Morgan fingerprint density at radius 1 is 1.27 bits per heavy atom. The Labute approximate surface area is 186 Å². The van der Waals surface area contributed by atoms with Crippen LogP contribution in [0.3, 0.4) is 0 Å². The van der Waals surface area contributed by atoms with E-state index in [2.05, 4.69) is 29.4 Å². The Kier molecular flexibility index (Phi) is 7.29. The fourth-order valence-corrected chi connectivity index (χ4v) is 3.30. The quantitative estimate of drug-likeness (QED) is 0.441. The Morgan fingerprint density at radius 2 is 2.00 bits per heavy atom. The summed E-state index contributed by atoms with van der Waals surface area (Å²) in [5.74, 6) is 1.58. The van der Waals surface area contributed by atoms with E-state index in [1.165, 1.54) is 0 Å². The molecule has 0 spiro atoms. The van der Waals surface area contributed by atoms with Crippen LogP contribution in [-0.2, 0) is 11.3 Å². The molecule has 1 heterocycles. The minimum atomic E-state index is -0.139. The van der Waals surface area contributed by atoms with Crippen LogP contribution in [0.1, 0.15) is 25.8 Å². The predicted octanol–water partition coefficient (Wildman–Crippen LogP) is 5.63. The molecule has 30 heavy (non-hydrogen) atoms. The van der Waals surface area contributed by atoms with Crippen LogP contribution in [0.2, 0.25) is 5.02 Å². The number of rotatable bonds is 8. The van der Waals surface area contributed by atoms with E-state index in [1.807, 2.05) is 35.8 Å². The van der Waals surface area contributed by atoms with E-state index in [0.717, 1.165) is 11.1 Å². The van der Waals surface area contributed by atoms with Gasteiger partial charge < -0.3 is 10.1 Å². The molecule has 0 aliphatic heterocycles. The van der Waals surface area contributed by atoms with Crippen molar-refractivity contribution in [2.24, 2.45) is 5.92 Å². The second kappa shape index (κ2) is 9.91. The maximum Gasteiger partial charge on any atom is 0.226 e. The number of ether oxygens (including phenoxy) is 1. The smallest absolute Gasteiger partial charge is 0.226 e. The number of amides is 1. The molecule has 158 valence electrons. The number of hydrogen-bond acceptors (Lipinski definition) is 4. The van der Waals surface area contributed by atoms with Crippen molar-refractivity contribution in [3.05, 3.63) is 57.8 Å². The highest BCUT2D eigenvalue weighted by molar-refractivity contribution is 7.71. The second-order valence-corrected chi connectivity index (χ2v) is 8.31. The van der Waals surface area contributed by atoms with Crippen molar-refractivity contribution in [2.75, 3.05) is 11.9 Å². The highest BCUT2D eigenvalue weighted by Gasteiger charge is 2.12. The third kappa shape index (κ3) is 5.70. The maximum atomic E-state index is 12.5. The molecular formula is C22H25ClN4O2S. The summed E-state index contributed by atoms with van der Waals surface area (Å²) >= 11 is 11.6. The molecular weight excluding hydrogens is 420 g/mol. The van der Waals surface area contributed by atoms with Crippen LogP contribution >= 0.6 is 23.8 Å². The van der Waals surface area contributed by atoms with Gasteiger partial charge in [-0.2, -0.15) is 5.10 Å². The summed E-state index contributed by atoms with van der Waals surface area (Å²) in [5, 5.41) is 10.5. The first-order chi connectivity index (χ1) is 14.3. The van der Waals surface area contributed by atoms with Crippen molar-refractivity contribution in [1.29, 1.82) is 0 Å². The third-order valence-electron chi connectivity index (χ3n) is 4.42. The van der Waals surface area contributed by atoms with Gasteiger partial charge in [-0.25, -0.2) is 0 Å². The van der Waals surface area contributed by atoms with Gasteiger partial charge in [-0.05, 0) is 43.3 Å². The molecule has 2 N–H and O–H groups in total. The summed E-state index contributed by atoms with van der Waals surface area (Å²) in [6.45, 7) is 7.16. The van der Waals surface area contributed by atoms with Crippen molar-refractivity contribution < 1.29 is 9.53 Å². The van der Waals surface area contributed by atoms with Gasteiger partial charge in [0.15, 0.2) is 10.6 Å². The van der Waals surface area contributed by atoms with Gasteiger partial charge in [0.25, 0.3) is 0 Å². The Morgan fingerprint density at radius 3 is 2.67 bits per heavy atom. The average Bonchev–Trinajstić information content (AvgIpc) is 3.06. The standard InChI is InChI=1S/C22H25ClN4O2S/c1-14(2)13-29-19-9-8-17(12-18(19)23)24-20(28)10-11-27-21(25-26-22(27)30)16-6-4-15(3)5-7-16/h4-9,12,14H,10-11,13H2,1-3H3,(H,24,28)(H,26,30). The topological polar surface area (TPSA) is 71.9 Å². The summed E-state index contributed by atoms with van der Waals surface area (Å²) in [7, 11) is 0. The number of aromatic amines is 1. The summed E-state index contributed by atoms with van der Waals surface area (Å²) in [5.41, 5.74) is 2.73. The molecule has 2 aromatic carbocycles. The number of carbonyl (C=O) groups is 1. The van der Waals surface area contributed by atoms with E-state index in [4.69, 9.17) is 28.6 Å². The Balaban J connectivity index is 1.63. The number of hydrogen-bond donors (Lipinski definition) is 2. The molecule has 0 fully saturated rings. The zero-order valence-electron chi connectivity index (χ0n) is 17.2. The van der Waals surface area contributed by atoms with E-state index < -0.39 is 0 Å². The fraction of sp³-hybridized carbons (Fsp3) is 0.318. The first-order valence-corrected chi connectivity index (χ1v) is 10.6. The number of halogens is 1. The molecule has 0 aliphatic rings. The zero-order valence-corrected chi connectivity index (χ0v) is 18.8. The molecule has 1 aromatic heterocycles. The summed E-state index contributed by atoms with van der Waals surface area (Å²) in [6.07, 6.45) is 0.246. The molecule has 1 amide bonds. The fourth-order valence-electron chi connectivity index (χ4n) is 2.84. The van der Waals surface area contributed by atoms with E-state index in [0.29, 0.717) is 46.1 Å². The number of nitrogens with zero attached hydrogens (tertiary/aromatic N) is 2. The molecule has 0 aliphatic carbocycles. The largest absolute Gasteiger partial charge is 0.492 e. The van der Waals surface area contributed by atoms with Crippen molar-refractivity contribution in [3.63, 3.8) is 0 Å². The molecule has 3 rings (SSSR count). The van der Waals surface area contributed by atoms with Gasteiger partial charge in [0.05, 0.1) is 11.6 Å². The molecule has 8 heteroatoms. The molecule has 3 aromatic rings. The van der Waals surface area contributed by atoms with Crippen molar-refractivity contribution >= 4 is 35.4 Å². The lowest BCUT2D eigenvalue weighted by atomic mass is 10.1. The minimum Gasteiger partial charge on any atom is -0.492 e. The highest BCUT2D eigenvalue weighted by Crippen LogP contribution is 2.28. The van der Waals surface area contributed by atoms with Gasteiger partial charge in [0.2, 0.25) is 5.91 Å². The van der Waals surface area contributed by atoms with Gasteiger partial charge in [0, 0.05) is 24.2 Å². The van der Waals surface area contributed by atoms with Crippen molar-refractivity contribution in [1.82, 2.24) is 14.8 Å². The van der Waals surface area contributed by atoms with E-state index in [1.54, 1.807) is 18.2 Å². The molecule has 6 nitrogen and oxygen atoms in total. The molecule has 0 radical (unpaired) electrons. The van der Waals surface area contributed by atoms with Gasteiger partial charge in [-0.3, -0.25) is 14.5 Å². The first kappa shape index (κ1) is 22.1. The molecule has 0 atom stereocenters. The van der Waals surface area contributed by atoms with E-state index in [-0.39, 0.29) is 12.3 Å². The summed E-state index contributed by atoms with van der Waals surface area (Å²) in [6, 6.07) is 13.2. The number of anilines is 1. The van der Waals surface area contributed by atoms with Crippen LogP contribution in [-0.4, -0.2) is 27.3 Å². The first-order valence-electron chi connectivity index (χ1n) is 9.78. The number of aromatic nitrogens is 3. The number of benzene rings is 2. The van der Waals surface area contributed by atoms with Gasteiger partial charge >= 0.3 is 0 Å². The normalized spacial score (nSPS) is 11.0. The monoisotopic (exact) mass is 444 g/mol. The van der Waals surface area contributed by atoms with Gasteiger partial charge in [-0.15, -0.1) is 0 Å². The molecule has 0 unspecified atom stereocenters. The van der Waals surface area contributed by atoms with Crippen LogP contribution in [0.15, 0.2) is 42.5 Å². The predicted molar refractivity (Wildman–Crippen MR) is 123 cm³/mol. The van der Waals surface area contributed by atoms with E-state index >= 15 is 0 Å². The average molecular weight is 445 g/mol. The van der Waals surface area contributed by atoms with Crippen LogP contribution < -0.4 is 10.1 Å². The lowest BCUT2D eigenvalue weighted by Crippen LogP contribution is -2.15. The number of H-pyrrole nitrogens is 1. The SMILES string of the molecule is Cc1ccc(-c2n[nH]c(=S)n2CCC(=O)Nc2ccc(OCC(C)C)c(Cl)c2)cc1. The van der Waals surface area contributed by atoms with E-state index in [9.17, 15) is 4.79 Å². The lowest BCUT2D eigenvalue weighted by molar-refractivity contribution is -0.116. The number of nitrogens with one attached hydrogen (secondary N) is 2. The minimum absolute atomic E-state index is 0.139. The highest BCUT2D eigenvalue weighted by atomic mass is 35.5. The summed E-state index contributed by atoms with van der Waals surface area (Å²) in [4.78, 5) is 12.5. The number of carbonyl (C=O) groups excluding carboxylic acids is 1. The molecule has 0 saturated heterocycles. The summed E-state index contributed by atoms with van der Waals surface area (Å²) < 4.78 is 7.97. The third-order valence-corrected chi connectivity index (χ3v) is 5.03. The van der Waals surface area contributed by atoms with Crippen molar-refractivity contribution in [2.45, 2.75) is 33.7 Å². The molecule has 0 bridgehead atoms.